The van der Waals surface area contributed by atoms with E-state index in [0.717, 1.165) is 0 Å². The lowest BCUT2D eigenvalue weighted by Gasteiger charge is -2.10. The lowest BCUT2D eigenvalue weighted by molar-refractivity contribution is 0.262. The molecule has 0 atom stereocenters. The number of halogens is 1. The van der Waals surface area contributed by atoms with Gasteiger partial charge in [-0.15, -0.1) is 0 Å². The molecule has 0 fully saturated rings. The van der Waals surface area contributed by atoms with Crippen molar-refractivity contribution in [3.05, 3.63) is 47.6 Å². The fourth-order valence-corrected chi connectivity index (χ4v) is 1.65. The predicted molar refractivity (Wildman–Crippen MR) is 74.9 cm³/mol. The molecule has 0 aliphatic carbocycles. The summed E-state index contributed by atoms with van der Waals surface area (Å²) in [5.41, 5.74) is 0.574. The third-order valence-electron chi connectivity index (χ3n) is 2.32. The van der Waals surface area contributed by atoms with E-state index >= 15 is 0 Å². The van der Waals surface area contributed by atoms with Gasteiger partial charge in [-0.1, -0.05) is 23.7 Å². The van der Waals surface area contributed by atoms with Gasteiger partial charge in [-0.25, -0.2) is 9.78 Å². The molecule has 0 aliphatic rings. The molecule has 6 heteroatoms. The van der Waals surface area contributed by atoms with Gasteiger partial charge in [0.05, 0.1) is 12.8 Å². The molecule has 0 saturated carbocycles. The fraction of sp³-hybridized carbons (Fsp3) is 0.0769. The van der Waals surface area contributed by atoms with Crippen LogP contribution in [0.25, 0.3) is 0 Å². The van der Waals surface area contributed by atoms with Crippen molar-refractivity contribution >= 4 is 29.1 Å². The Morgan fingerprint density at radius 1 is 1.26 bits per heavy atom. The van der Waals surface area contributed by atoms with Gasteiger partial charge < -0.3 is 10.1 Å². The molecule has 2 N–H and O–H groups in total. The van der Waals surface area contributed by atoms with Crippen molar-refractivity contribution in [1.29, 1.82) is 0 Å². The van der Waals surface area contributed by atoms with Crippen LogP contribution in [0.3, 0.4) is 0 Å². The molecule has 0 radical (unpaired) electrons. The Morgan fingerprint density at radius 3 is 2.79 bits per heavy atom. The minimum Gasteiger partial charge on any atom is -0.495 e. The number of pyridine rings is 1. The molecular formula is C13H12ClN3O2. The van der Waals surface area contributed by atoms with Crippen LogP contribution in [0.2, 0.25) is 5.02 Å². The smallest absolute Gasteiger partial charge is 0.324 e. The highest BCUT2D eigenvalue weighted by molar-refractivity contribution is 6.30. The first-order valence-corrected chi connectivity index (χ1v) is 5.89. The van der Waals surface area contributed by atoms with E-state index in [4.69, 9.17) is 16.3 Å². The molecule has 1 aromatic heterocycles. The molecule has 0 aliphatic heterocycles. The van der Waals surface area contributed by atoms with Gasteiger partial charge in [-0.05, 0) is 24.3 Å². The molecule has 2 rings (SSSR count). The summed E-state index contributed by atoms with van der Waals surface area (Å²) in [5.74, 6) is 0.955. The summed E-state index contributed by atoms with van der Waals surface area (Å²) in [6.07, 6.45) is 1.51. The number of nitrogens with zero attached hydrogens (tertiary/aromatic N) is 1. The van der Waals surface area contributed by atoms with Crippen molar-refractivity contribution in [1.82, 2.24) is 4.98 Å². The van der Waals surface area contributed by atoms with E-state index < -0.39 is 6.03 Å². The zero-order valence-electron chi connectivity index (χ0n) is 10.2. The molecule has 1 heterocycles. The second-order valence-corrected chi connectivity index (χ2v) is 4.08. The van der Waals surface area contributed by atoms with Crippen LogP contribution in [-0.4, -0.2) is 18.1 Å². The highest BCUT2D eigenvalue weighted by Crippen LogP contribution is 2.23. The van der Waals surface area contributed by atoms with Gasteiger partial charge in [-0.3, -0.25) is 5.32 Å². The van der Waals surface area contributed by atoms with Gasteiger partial charge in [0.1, 0.15) is 11.6 Å². The van der Waals surface area contributed by atoms with Crippen molar-refractivity contribution in [3.8, 4) is 5.75 Å². The number of benzene rings is 1. The normalized spacial score (nSPS) is 9.79. The quantitative estimate of drug-likeness (QED) is 0.904. The van der Waals surface area contributed by atoms with E-state index in [1.165, 1.54) is 13.3 Å². The molecule has 0 unspecified atom stereocenters. The number of ether oxygens (including phenoxy) is 1. The Morgan fingerprint density at radius 2 is 2.05 bits per heavy atom. The molecule has 2 aromatic rings. The van der Waals surface area contributed by atoms with Crippen LogP contribution < -0.4 is 15.4 Å². The summed E-state index contributed by atoms with van der Waals surface area (Å²) < 4.78 is 5.14. The predicted octanol–water partition coefficient (Wildman–Crippen LogP) is 3.39. The van der Waals surface area contributed by atoms with Crippen molar-refractivity contribution in [2.45, 2.75) is 0 Å². The number of hydrogen-bond donors (Lipinski definition) is 2. The average molecular weight is 278 g/mol. The van der Waals surface area contributed by atoms with Crippen LogP contribution in [0.1, 0.15) is 0 Å². The summed E-state index contributed by atoms with van der Waals surface area (Å²) in [6, 6.07) is 9.89. The van der Waals surface area contributed by atoms with Crippen LogP contribution >= 0.6 is 11.6 Å². The average Bonchev–Trinajstić information content (AvgIpc) is 2.39. The number of carbonyl (C=O) groups is 1. The summed E-state index contributed by atoms with van der Waals surface area (Å²) in [7, 11) is 1.54. The third-order valence-corrected chi connectivity index (χ3v) is 2.55. The van der Waals surface area contributed by atoms with E-state index in [2.05, 4.69) is 15.6 Å². The zero-order valence-corrected chi connectivity index (χ0v) is 10.9. The Labute approximate surface area is 115 Å². The van der Waals surface area contributed by atoms with E-state index in [9.17, 15) is 4.79 Å². The van der Waals surface area contributed by atoms with Crippen LogP contribution in [0, 0.1) is 0 Å². The molecular weight excluding hydrogens is 266 g/mol. The summed E-state index contributed by atoms with van der Waals surface area (Å²) in [6.45, 7) is 0. The van der Waals surface area contributed by atoms with Gasteiger partial charge in [0, 0.05) is 11.2 Å². The number of anilines is 2. The molecule has 0 saturated heterocycles. The SMILES string of the molecule is COc1ccccc1NC(=O)Nc1cc(Cl)ccn1. The van der Waals surface area contributed by atoms with E-state index in [0.29, 0.717) is 22.3 Å². The Kier molecular flexibility index (Phi) is 4.20. The highest BCUT2D eigenvalue weighted by Gasteiger charge is 2.07. The standard InChI is InChI=1S/C13H12ClN3O2/c1-19-11-5-3-2-4-10(11)16-13(18)17-12-8-9(14)6-7-15-12/h2-8H,1H3,(H2,15,16,17,18). The zero-order chi connectivity index (χ0) is 13.7. The largest absolute Gasteiger partial charge is 0.495 e. The Hall–Kier alpha value is -2.27. The van der Waals surface area contributed by atoms with Crippen molar-refractivity contribution < 1.29 is 9.53 Å². The minimum atomic E-state index is -0.417. The molecule has 5 nitrogen and oxygen atoms in total. The molecule has 19 heavy (non-hydrogen) atoms. The van der Waals surface area contributed by atoms with Gasteiger partial charge in [0.15, 0.2) is 0 Å². The van der Waals surface area contributed by atoms with Gasteiger partial charge >= 0.3 is 6.03 Å². The van der Waals surface area contributed by atoms with Gasteiger partial charge in [0.25, 0.3) is 0 Å². The molecule has 0 bridgehead atoms. The monoisotopic (exact) mass is 277 g/mol. The Balaban J connectivity index is 2.05. The van der Waals surface area contributed by atoms with Crippen LogP contribution in [-0.2, 0) is 0 Å². The summed E-state index contributed by atoms with van der Waals surface area (Å²) >= 11 is 5.80. The highest BCUT2D eigenvalue weighted by atomic mass is 35.5. The maximum atomic E-state index is 11.8. The number of hydrogen-bond acceptors (Lipinski definition) is 3. The Bertz CT molecular complexity index is 590. The minimum absolute atomic E-state index is 0.375. The van der Waals surface area contributed by atoms with Crippen LogP contribution in [0.4, 0.5) is 16.3 Å². The fourth-order valence-electron chi connectivity index (χ4n) is 1.49. The second kappa shape index (κ2) is 6.06. The molecule has 2 amide bonds. The van der Waals surface area contributed by atoms with E-state index in [1.807, 2.05) is 6.07 Å². The van der Waals surface area contributed by atoms with Crippen LogP contribution in [0.5, 0.6) is 5.75 Å². The lowest BCUT2D eigenvalue weighted by Crippen LogP contribution is -2.20. The number of methoxy groups -OCH3 is 1. The van der Waals surface area contributed by atoms with Gasteiger partial charge in [0.2, 0.25) is 0 Å². The molecule has 0 spiro atoms. The summed E-state index contributed by atoms with van der Waals surface area (Å²) in [4.78, 5) is 15.8. The summed E-state index contributed by atoms with van der Waals surface area (Å²) in [5, 5.41) is 5.76. The number of amides is 2. The first-order valence-electron chi connectivity index (χ1n) is 5.51. The van der Waals surface area contributed by atoms with Gasteiger partial charge in [-0.2, -0.15) is 0 Å². The molecule has 1 aromatic carbocycles. The van der Waals surface area contributed by atoms with Crippen LogP contribution in [0.15, 0.2) is 42.6 Å². The first kappa shape index (κ1) is 13.2. The maximum Gasteiger partial charge on any atom is 0.324 e. The maximum absolute atomic E-state index is 11.8. The van der Waals surface area contributed by atoms with Crippen molar-refractivity contribution in [2.75, 3.05) is 17.7 Å². The van der Waals surface area contributed by atoms with E-state index in [-0.39, 0.29) is 0 Å². The second-order valence-electron chi connectivity index (χ2n) is 3.64. The molecule has 98 valence electrons. The topological polar surface area (TPSA) is 63.2 Å². The number of carbonyl (C=O) groups excluding carboxylic acids is 1. The third kappa shape index (κ3) is 3.59. The van der Waals surface area contributed by atoms with Crippen molar-refractivity contribution in [2.24, 2.45) is 0 Å². The number of rotatable bonds is 3. The number of aromatic nitrogens is 1. The lowest BCUT2D eigenvalue weighted by atomic mass is 10.3. The number of urea groups is 1. The van der Waals surface area contributed by atoms with Crippen molar-refractivity contribution in [3.63, 3.8) is 0 Å². The number of para-hydroxylation sites is 2. The number of nitrogens with one attached hydrogen (secondary N) is 2. The first-order chi connectivity index (χ1) is 9.19. The van der Waals surface area contributed by atoms with E-state index in [1.54, 1.807) is 30.3 Å².